The minimum atomic E-state index is 0.0755. The number of benzene rings is 1. The number of imidazole rings is 1. The number of aromatic nitrogens is 2. The molecule has 1 aromatic carbocycles. The van der Waals surface area contributed by atoms with Crippen molar-refractivity contribution >= 4 is 28.7 Å². The van der Waals surface area contributed by atoms with Crippen LogP contribution in [0, 0.1) is 11.8 Å². The molecule has 4 N–H and O–H groups in total. The van der Waals surface area contributed by atoms with E-state index in [0.29, 0.717) is 5.92 Å². The molecule has 2 heterocycles. The Bertz CT molecular complexity index is 851. The van der Waals surface area contributed by atoms with Gasteiger partial charge in [0.1, 0.15) is 0 Å². The normalized spacial score (nSPS) is 18.7. The van der Waals surface area contributed by atoms with Crippen molar-refractivity contribution in [3.63, 3.8) is 0 Å². The lowest BCUT2D eigenvalue weighted by molar-refractivity contribution is -0.134. The zero-order valence-electron chi connectivity index (χ0n) is 16.3. The molecule has 1 aromatic heterocycles. The van der Waals surface area contributed by atoms with Crippen molar-refractivity contribution in [3.05, 3.63) is 36.3 Å². The number of fused-ring (bicyclic) bond motifs is 1. The number of likely N-dealkylation sites (tertiary alicyclic amines) is 1. The van der Waals surface area contributed by atoms with Gasteiger partial charge in [0.2, 0.25) is 5.91 Å². The fourth-order valence-electron chi connectivity index (χ4n) is 3.85. The van der Waals surface area contributed by atoms with Crippen molar-refractivity contribution in [2.75, 3.05) is 13.1 Å². The van der Waals surface area contributed by atoms with Crippen LogP contribution in [-0.4, -0.2) is 39.7 Å². The predicted octanol–water partition coefficient (Wildman–Crippen LogP) is 1.45. The van der Waals surface area contributed by atoms with Crippen molar-refractivity contribution in [1.82, 2.24) is 14.5 Å². The van der Waals surface area contributed by atoms with Crippen molar-refractivity contribution in [2.24, 2.45) is 17.6 Å². The summed E-state index contributed by atoms with van der Waals surface area (Å²) in [6, 6.07) is 6.12. The zero-order chi connectivity index (χ0) is 19.4. The van der Waals surface area contributed by atoms with E-state index in [0.717, 1.165) is 61.1 Å². The lowest BCUT2D eigenvalue weighted by Crippen LogP contribution is -2.35. The summed E-state index contributed by atoms with van der Waals surface area (Å²) in [7, 11) is 0. The Balaban J connectivity index is 1.71. The molecule has 1 unspecified atom stereocenters. The molecular weight excluding hydrogens is 338 g/mol. The highest BCUT2D eigenvalue weighted by molar-refractivity contribution is 6.07. The van der Waals surface area contributed by atoms with Crippen LogP contribution < -0.4 is 11.1 Å². The predicted molar refractivity (Wildman–Crippen MR) is 109 cm³/mol. The van der Waals surface area contributed by atoms with Crippen molar-refractivity contribution in [1.29, 1.82) is 0 Å². The number of amides is 1. The third kappa shape index (κ3) is 4.21. The summed E-state index contributed by atoms with van der Waals surface area (Å²) in [6.07, 6.45) is 8.17. The van der Waals surface area contributed by atoms with Crippen LogP contribution in [0.5, 0.6) is 0 Å². The summed E-state index contributed by atoms with van der Waals surface area (Å²) in [4.78, 5) is 18.9. The van der Waals surface area contributed by atoms with E-state index in [9.17, 15) is 4.79 Å². The van der Waals surface area contributed by atoms with Crippen LogP contribution in [0.25, 0.3) is 16.6 Å². The van der Waals surface area contributed by atoms with Gasteiger partial charge in [-0.1, -0.05) is 19.9 Å². The number of carbonyl (C=O) groups is 1. The number of rotatable bonds is 5. The molecule has 0 bridgehead atoms. The van der Waals surface area contributed by atoms with Gasteiger partial charge >= 0.3 is 0 Å². The smallest absolute Gasteiger partial charge is 0.225 e. The maximum absolute atomic E-state index is 12.3. The first-order valence-electron chi connectivity index (χ1n) is 9.74. The number of nitrogens with zero attached hydrogens (tertiary/aromatic N) is 3. The standard InChI is InChI=1S/C21H29N5O/c1-15(2)21(27)25-8-3-4-16(7-9-25)13-26-14-24-19-10-17(5-6-20(19)26)18(11-22)12-23/h5-6,10-12,14-16,22H,3-4,7-9,13,23H2,1-2H3/p+1/b18-12+,22-11?. The van der Waals surface area contributed by atoms with Crippen molar-refractivity contribution in [3.8, 4) is 0 Å². The highest BCUT2D eigenvalue weighted by Gasteiger charge is 2.22. The molecule has 6 heteroatoms. The van der Waals surface area contributed by atoms with Gasteiger partial charge < -0.3 is 15.2 Å². The number of allylic oxidation sites excluding steroid dienone is 1. The molecule has 0 aliphatic carbocycles. The number of nitrogens with two attached hydrogens (primary N) is 2. The van der Waals surface area contributed by atoms with Gasteiger partial charge in [0.25, 0.3) is 0 Å². The zero-order valence-corrected chi connectivity index (χ0v) is 16.3. The first-order chi connectivity index (χ1) is 13.0. The van der Waals surface area contributed by atoms with Gasteiger partial charge in [0.15, 0.2) is 6.21 Å². The number of carbonyl (C=O) groups excluding carboxylic acids is 1. The maximum Gasteiger partial charge on any atom is 0.225 e. The largest absolute Gasteiger partial charge is 0.404 e. The maximum atomic E-state index is 12.3. The van der Waals surface area contributed by atoms with E-state index in [4.69, 9.17) is 11.1 Å². The Kier molecular flexibility index (Phi) is 5.94. The van der Waals surface area contributed by atoms with Gasteiger partial charge in [-0.3, -0.25) is 10.2 Å². The second-order valence-electron chi connectivity index (χ2n) is 7.67. The average molecular weight is 369 g/mol. The number of hydrogen-bond donors (Lipinski definition) is 2. The molecule has 0 radical (unpaired) electrons. The molecule has 0 spiro atoms. The molecule has 1 aliphatic rings. The molecular formula is C21H30N5O+. The van der Waals surface area contributed by atoms with Crippen LogP contribution in [0.3, 0.4) is 0 Å². The van der Waals surface area contributed by atoms with E-state index >= 15 is 0 Å². The molecule has 1 saturated heterocycles. The fourth-order valence-corrected chi connectivity index (χ4v) is 3.85. The average Bonchev–Trinajstić information content (AvgIpc) is 2.91. The van der Waals surface area contributed by atoms with Gasteiger partial charge in [-0.05, 0) is 42.9 Å². The highest BCUT2D eigenvalue weighted by Crippen LogP contribution is 2.24. The van der Waals surface area contributed by atoms with Crippen LogP contribution >= 0.6 is 0 Å². The van der Waals surface area contributed by atoms with Crippen LogP contribution in [-0.2, 0) is 11.3 Å². The second-order valence-corrected chi connectivity index (χ2v) is 7.67. The molecule has 3 rings (SSSR count). The monoisotopic (exact) mass is 368 g/mol. The molecule has 144 valence electrons. The summed E-state index contributed by atoms with van der Waals surface area (Å²) < 4.78 is 2.22. The summed E-state index contributed by atoms with van der Waals surface area (Å²) in [5.74, 6) is 0.909. The molecule has 1 aliphatic heterocycles. The minimum absolute atomic E-state index is 0.0755. The summed E-state index contributed by atoms with van der Waals surface area (Å²) in [6.45, 7) is 6.62. The minimum Gasteiger partial charge on any atom is -0.404 e. The van der Waals surface area contributed by atoms with Crippen molar-refractivity contribution in [2.45, 2.75) is 39.7 Å². The Hall–Kier alpha value is -2.63. The van der Waals surface area contributed by atoms with Crippen LogP contribution in [0.2, 0.25) is 0 Å². The third-order valence-electron chi connectivity index (χ3n) is 5.42. The van der Waals surface area contributed by atoms with E-state index in [1.54, 1.807) is 0 Å². The van der Waals surface area contributed by atoms with Crippen LogP contribution in [0.4, 0.5) is 0 Å². The van der Waals surface area contributed by atoms with Gasteiger partial charge in [-0.15, -0.1) is 0 Å². The topological polar surface area (TPSA) is 89.7 Å². The molecule has 1 atom stereocenters. The van der Waals surface area contributed by atoms with E-state index in [2.05, 4.69) is 15.6 Å². The molecule has 1 amide bonds. The summed E-state index contributed by atoms with van der Waals surface area (Å²) >= 11 is 0. The van der Waals surface area contributed by atoms with Gasteiger partial charge in [0.05, 0.1) is 22.9 Å². The first-order valence-corrected chi connectivity index (χ1v) is 9.74. The van der Waals surface area contributed by atoms with Gasteiger partial charge in [-0.25, -0.2) is 4.98 Å². The highest BCUT2D eigenvalue weighted by atomic mass is 16.2. The van der Waals surface area contributed by atoms with Crippen molar-refractivity contribution < 1.29 is 10.2 Å². The Morgan fingerprint density at radius 1 is 1.37 bits per heavy atom. The van der Waals surface area contributed by atoms with E-state index < -0.39 is 0 Å². The van der Waals surface area contributed by atoms with Gasteiger partial charge in [-0.2, -0.15) is 0 Å². The molecule has 6 nitrogen and oxygen atoms in total. The third-order valence-corrected chi connectivity index (χ3v) is 5.42. The second kappa shape index (κ2) is 8.37. The lowest BCUT2D eigenvalue weighted by atomic mass is 10.0. The van der Waals surface area contributed by atoms with E-state index in [1.165, 1.54) is 12.4 Å². The van der Waals surface area contributed by atoms with Crippen LogP contribution in [0.1, 0.15) is 38.7 Å². The summed E-state index contributed by atoms with van der Waals surface area (Å²) in [5.41, 5.74) is 9.45. The van der Waals surface area contributed by atoms with E-state index in [1.807, 2.05) is 37.2 Å². The fraction of sp³-hybridized carbons (Fsp3) is 0.476. The SMILES string of the molecule is CC(C)C(=O)N1CCCC(Cn2cnc3cc(/C(C=[NH2+])=C/N)ccc32)CC1. The van der Waals surface area contributed by atoms with E-state index in [-0.39, 0.29) is 11.8 Å². The molecule has 0 saturated carbocycles. The Morgan fingerprint density at radius 2 is 2.19 bits per heavy atom. The Morgan fingerprint density at radius 3 is 2.89 bits per heavy atom. The molecule has 27 heavy (non-hydrogen) atoms. The first kappa shape index (κ1) is 19.1. The molecule has 1 fully saturated rings. The van der Waals surface area contributed by atoms with Crippen LogP contribution in [0.15, 0.2) is 30.7 Å². The summed E-state index contributed by atoms with van der Waals surface area (Å²) in [5, 5.41) is 5.63. The van der Waals surface area contributed by atoms with Gasteiger partial charge in [0, 0.05) is 31.8 Å². The number of hydrogen-bond acceptors (Lipinski definition) is 3. The lowest BCUT2D eigenvalue weighted by Gasteiger charge is -2.22. The molecule has 2 aromatic rings. The Labute approximate surface area is 160 Å². The quantitative estimate of drug-likeness (QED) is 0.783.